The molecule has 0 aliphatic rings. The Kier molecular flexibility index (Phi) is 6.26. The van der Waals surface area contributed by atoms with Gasteiger partial charge in [-0.05, 0) is 48.5 Å². The number of para-hydroxylation sites is 1. The van der Waals surface area contributed by atoms with Gasteiger partial charge in [-0.25, -0.2) is 15.0 Å². The van der Waals surface area contributed by atoms with E-state index in [0.29, 0.717) is 17.5 Å². The Morgan fingerprint density at radius 3 is 1.73 bits per heavy atom. The summed E-state index contributed by atoms with van der Waals surface area (Å²) in [6, 6.07) is 55.9. The summed E-state index contributed by atoms with van der Waals surface area (Å²) >= 11 is 3.65. The normalized spacial score (nSPS) is 11.9. The van der Waals surface area contributed by atoms with Crippen molar-refractivity contribution in [2.45, 2.75) is 0 Å². The second-order valence-corrected chi connectivity index (χ2v) is 14.9. The first-order valence-electron chi connectivity index (χ1n) is 16.9. The van der Waals surface area contributed by atoms with E-state index in [2.05, 4.69) is 144 Å². The van der Waals surface area contributed by atoms with Gasteiger partial charge in [-0.1, -0.05) is 109 Å². The standard InChI is InChI=1S/C45H26N4S2/c1-2-12-27(13-3-1)43-46-44(48-45(47-43)34-19-10-17-32-30-15-5-8-22-39(30)50-41(32)34)28-24-25-37-35(26-28)29-14-4-7-20-36(29)49(37)38-21-11-18-33-31-16-6-9-23-40(31)51-42(33)38/h1-26H. The third-order valence-electron chi connectivity index (χ3n) is 9.87. The van der Waals surface area contributed by atoms with Crippen LogP contribution in [0.1, 0.15) is 0 Å². The van der Waals surface area contributed by atoms with E-state index in [1.165, 1.54) is 56.9 Å². The number of fused-ring (bicyclic) bond motifs is 9. The van der Waals surface area contributed by atoms with Gasteiger partial charge in [0.15, 0.2) is 17.5 Å². The van der Waals surface area contributed by atoms with E-state index >= 15 is 0 Å². The lowest BCUT2D eigenvalue weighted by Gasteiger charge is -2.11. The number of hydrogen-bond acceptors (Lipinski definition) is 5. The molecule has 0 aliphatic carbocycles. The van der Waals surface area contributed by atoms with Gasteiger partial charge < -0.3 is 4.57 Å². The molecule has 0 spiro atoms. The van der Waals surface area contributed by atoms with Crippen molar-refractivity contribution >= 4 is 84.8 Å². The lowest BCUT2D eigenvalue weighted by Crippen LogP contribution is -2.00. The van der Waals surface area contributed by atoms with Crippen molar-refractivity contribution in [3.8, 4) is 39.9 Å². The van der Waals surface area contributed by atoms with Crippen molar-refractivity contribution in [2.75, 3.05) is 0 Å². The number of benzene rings is 7. The van der Waals surface area contributed by atoms with Gasteiger partial charge in [0.25, 0.3) is 0 Å². The van der Waals surface area contributed by atoms with Crippen molar-refractivity contribution < 1.29 is 0 Å². The number of aromatic nitrogens is 4. The maximum Gasteiger partial charge on any atom is 0.165 e. The van der Waals surface area contributed by atoms with Crippen molar-refractivity contribution in [3.63, 3.8) is 0 Å². The number of hydrogen-bond donors (Lipinski definition) is 0. The monoisotopic (exact) mass is 686 g/mol. The van der Waals surface area contributed by atoms with Gasteiger partial charge >= 0.3 is 0 Å². The number of thiophene rings is 2. The van der Waals surface area contributed by atoms with E-state index < -0.39 is 0 Å². The van der Waals surface area contributed by atoms with Crippen molar-refractivity contribution in [1.82, 2.24) is 19.5 Å². The van der Waals surface area contributed by atoms with E-state index in [1.54, 1.807) is 11.3 Å². The lowest BCUT2D eigenvalue weighted by molar-refractivity contribution is 1.08. The van der Waals surface area contributed by atoms with Crippen LogP contribution in [0.25, 0.3) is 102 Å². The van der Waals surface area contributed by atoms with Crippen LogP contribution in [0.2, 0.25) is 0 Å². The molecule has 0 bridgehead atoms. The maximum absolute atomic E-state index is 5.22. The summed E-state index contributed by atoms with van der Waals surface area (Å²) in [6.07, 6.45) is 0. The molecule has 0 fully saturated rings. The fourth-order valence-electron chi connectivity index (χ4n) is 7.54. The first-order valence-corrected chi connectivity index (χ1v) is 18.6. The molecular weight excluding hydrogens is 661 g/mol. The van der Waals surface area contributed by atoms with E-state index in [0.717, 1.165) is 27.6 Å². The van der Waals surface area contributed by atoms with Crippen LogP contribution in [0.5, 0.6) is 0 Å². The first-order chi connectivity index (χ1) is 25.3. The summed E-state index contributed by atoms with van der Waals surface area (Å²) in [4.78, 5) is 15.4. The Hall–Kier alpha value is -6.21. The highest BCUT2D eigenvalue weighted by Crippen LogP contribution is 2.42. The van der Waals surface area contributed by atoms with Gasteiger partial charge in [-0.2, -0.15) is 0 Å². The van der Waals surface area contributed by atoms with E-state index in [1.807, 2.05) is 29.5 Å². The summed E-state index contributed by atoms with van der Waals surface area (Å²) in [6.45, 7) is 0. The minimum Gasteiger partial charge on any atom is -0.308 e. The SMILES string of the molecule is c1ccc(-c2nc(-c3ccc4c(c3)c3ccccc3n4-c3cccc4c3sc3ccccc34)nc(-c3cccc4c3sc3ccccc34)n2)cc1. The summed E-state index contributed by atoms with van der Waals surface area (Å²) in [5, 5.41) is 7.42. The fourth-order valence-corrected chi connectivity index (χ4v) is 9.96. The maximum atomic E-state index is 5.22. The minimum atomic E-state index is 0.655. The van der Waals surface area contributed by atoms with Crippen LogP contribution in [0.4, 0.5) is 0 Å². The molecule has 0 amide bonds. The first kappa shape index (κ1) is 28.6. The third kappa shape index (κ3) is 4.40. The molecule has 11 aromatic rings. The molecule has 7 aromatic carbocycles. The Morgan fingerprint density at radius 2 is 0.941 bits per heavy atom. The average Bonchev–Trinajstić information content (AvgIpc) is 3.87. The topological polar surface area (TPSA) is 43.6 Å². The molecule has 238 valence electrons. The van der Waals surface area contributed by atoms with Gasteiger partial charge in [0, 0.05) is 63.1 Å². The van der Waals surface area contributed by atoms with Gasteiger partial charge in [-0.15, -0.1) is 22.7 Å². The molecule has 6 heteroatoms. The largest absolute Gasteiger partial charge is 0.308 e. The predicted molar refractivity (Wildman–Crippen MR) is 216 cm³/mol. The molecule has 0 N–H and O–H groups in total. The summed E-state index contributed by atoms with van der Waals surface area (Å²) in [7, 11) is 0. The van der Waals surface area contributed by atoms with Crippen molar-refractivity contribution in [2.24, 2.45) is 0 Å². The van der Waals surface area contributed by atoms with Crippen LogP contribution in [0.15, 0.2) is 158 Å². The van der Waals surface area contributed by atoms with Crippen LogP contribution >= 0.6 is 22.7 Å². The van der Waals surface area contributed by atoms with Gasteiger partial charge in [0.2, 0.25) is 0 Å². The Labute approximate surface area is 300 Å². The molecule has 0 radical (unpaired) electrons. The zero-order valence-electron chi connectivity index (χ0n) is 27.1. The molecular formula is C45H26N4S2. The lowest BCUT2D eigenvalue weighted by atomic mass is 10.1. The van der Waals surface area contributed by atoms with Crippen LogP contribution in [0.3, 0.4) is 0 Å². The zero-order valence-corrected chi connectivity index (χ0v) is 28.7. The molecule has 4 aromatic heterocycles. The van der Waals surface area contributed by atoms with Crippen molar-refractivity contribution in [3.05, 3.63) is 158 Å². The van der Waals surface area contributed by atoms with Crippen LogP contribution in [-0.2, 0) is 0 Å². The number of rotatable bonds is 4. The zero-order chi connectivity index (χ0) is 33.5. The summed E-state index contributed by atoms with van der Waals surface area (Å²) in [5.41, 5.74) is 6.45. The molecule has 11 rings (SSSR count). The quantitative estimate of drug-likeness (QED) is 0.185. The highest BCUT2D eigenvalue weighted by atomic mass is 32.1. The second kappa shape index (κ2) is 11.2. The number of nitrogens with zero attached hydrogens (tertiary/aromatic N) is 4. The highest BCUT2D eigenvalue weighted by molar-refractivity contribution is 7.26. The second-order valence-electron chi connectivity index (χ2n) is 12.8. The summed E-state index contributed by atoms with van der Waals surface area (Å²) < 4.78 is 7.45. The smallest absolute Gasteiger partial charge is 0.165 e. The van der Waals surface area contributed by atoms with Crippen molar-refractivity contribution in [1.29, 1.82) is 0 Å². The molecule has 0 unspecified atom stereocenters. The third-order valence-corrected chi connectivity index (χ3v) is 12.3. The Morgan fingerprint density at radius 1 is 0.373 bits per heavy atom. The fraction of sp³-hybridized carbons (Fsp3) is 0. The summed E-state index contributed by atoms with van der Waals surface area (Å²) in [5.74, 6) is 1.99. The Balaban J connectivity index is 1.15. The van der Waals surface area contributed by atoms with Gasteiger partial charge in [-0.3, -0.25) is 0 Å². The molecule has 0 aliphatic heterocycles. The molecule has 4 nitrogen and oxygen atoms in total. The Bertz CT molecular complexity index is 3150. The average molecular weight is 687 g/mol. The van der Waals surface area contributed by atoms with E-state index in [9.17, 15) is 0 Å². The minimum absolute atomic E-state index is 0.655. The predicted octanol–water partition coefficient (Wildman–Crippen LogP) is 12.7. The molecule has 51 heavy (non-hydrogen) atoms. The van der Waals surface area contributed by atoms with E-state index in [4.69, 9.17) is 15.0 Å². The molecule has 0 atom stereocenters. The molecule has 0 saturated heterocycles. The van der Waals surface area contributed by atoms with Crippen LogP contribution < -0.4 is 0 Å². The van der Waals surface area contributed by atoms with Gasteiger partial charge in [0.05, 0.1) is 21.4 Å². The van der Waals surface area contributed by atoms with Crippen LogP contribution in [0, 0.1) is 0 Å². The van der Waals surface area contributed by atoms with Gasteiger partial charge in [0.1, 0.15) is 0 Å². The van der Waals surface area contributed by atoms with Crippen LogP contribution in [-0.4, -0.2) is 19.5 Å². The molecule has 0 saturated carbocycles. The highest BCUT2D eigenvalue weighted by Gasteiger charge is 2.20. The molecule has 4 heterocycles. The van der Waals surface area contributed by atoms with E-state index in [-0.39, 0.29) is 0 Å².